The van der Waals surface area contributed by atoms with Gasteiger partial charge in [0, 0.05) is 17.1 Å². The van der Waals surface area contributed by atoms with Crippen LogP contribution in [0.1, 0.15) is 36.0 Å². The molecule has 26 heavy (non-hydrogen) atoms. The molecule has 1 N–H and O–H groups in total. The predicted molar refractivity (Wildman–Crippen MR) is 103 cm³/mol. The normalized spacial score (nSPS) is 15.0. The highest BCUT2D eigenvalue weighted by molar-refractivity contribution is 6.30. The van der Waals surface area contributed by atoms with Crippen molar-refractivity contribution in [1.29, 1.82) is 0 Å². The second-order valence-corrected chi connectivity index (χ2v) is 7.20. The molecule has 1 aliphatic heterocycles. The molecule has 4 nitrogen and oxygen atoms in total. The summed E-state index contributed by atoms with van der Waals surface area (Å²) in [5, 5.41) is 9.78. The largest absolute Gasteiger partial charge is 0.489 e. The Hall–Kier alpha value is -2.04. The highest BCUT2D eigenvalue weighted by Gasteiger charge is 2.15. The SMILES string of the molecule is O=C(O)Cc1ccc(OCc2ccc(Cl)cc2)c(CN2CCCCC2)c1. The number of aliphatic carboxylic acids is 1. The number of halogens is 1. The Labute approximate surface area is 159 Å². The van der Waals surface area contributed by atoms with Crippen LogP contribution in [0.3, 0.4) is 0 Å². The van der Waals surface area contributed by atoms with E-state index in [1.54, 1.807) is 0 Å². The third kappa shape index (κ3) is 5.48. The number of rotatable bonds is 7. The first-order valence-electron chi connectivity index (χ1n) is 9.03. The van der Waals surface area contributed by atoms with Crippen molar-refractivity contribution in [2.45, 2.75) is 38.8 Å². The van der Waals surface area contributed by atoms with Gasteiger partial charge in [0.1, 0.15) is 12.4 Å². The standard InChI is InChI=1S/C21H24ClNO3/c22-19-7-4-16(5-8-19)15-26-20-9-6-17(13-21(24)25)12-18(20)14-23-10-2-1-3-11-23/h4-9,12H,1-3,10-11,13-15H2,(H,24,25). The molecule has 0 atom stereocenters. The van der Waals surface area contributed by atoms with E-state index in [2.05, 4.69) is 4.90 Å². The minimum atomic E-state index is -0.816. The van der Waals surface area contributed by atoms with E-state index in [0.29, 0.717) is 11.6 Å². The second-order valence-electron chi connectivity index (χ2n) is 6.76. The van der Waals surface area contributed by atoms with Gasteiger partial charge in [0.15, 0.2) is 0 Å². The summed E-state index contributed by atoms with van der Waals surface area (Å²) in [5.74, 6) is 0.00316. The fraction of sp³-hybridized carbons (Fsp3) is 0.381. The van der Waals surface area contributed by atoms with Crippen molar-refractivity contribution in [1.82, 2.24) is 4.90 Å². The second kappa shape index (κ2) is 9.06. The van der Waals surface area contributed by atoms with E-state index >= 15 is 0 Å². The minimum absolute atomic E-state index is 0.0322. The zero-order valence-corrected chi connectivity index (χ0v) is 15.5. The van der Waals surface area contributed by atoms with Crippen LogP contribution in [0.15, 0.2) is 42.5 Å². The fourth-order valence-electron chi connectivity index (χ4n) is 3.28. The average molecular weight is 374 g/mol. The van der Waals surface area contributed by atoms with Crippen LogP contribution in [0.4, 0.5) is 0 Å². The number of piperidine rings is 1. The molecule has 3 rings (SSSR count). The lowest BCUT2D eigenvalue weighted by Gasteiger charge is -2.27. The molecule has 1 heterocycles. The summed E-state index contributed by atoms with van der Waals surface area (Å²) in [6.45, 7) is 3.42. The van der Waals surface area contributed by atoms with Crippen LogP contribution in [0.2, 0.25) is 5.02 Å². The summed E-state index contributed by atoms with van der Waals surface area (Å²) in [6.07, 6.45) is 3.76. The number of hydrogen-bond acceptors (Lipinski definition) is 3. The van der Waals surface area contributed by atoms with Crippen LogP contribution in [-0.4, -0.2) is 29.1 Å². The van der Waals surface area contributed by atoms with Gasteiger partial charge in [0.25, 0.3) is 0 Å². The molecule has 5 heteroatoms. The van der Waals surface area contributed by atoms with Crippen molar-refractivity contribution >= 4 is 17.6 Å². The predicted octanol–water partition coefficient (Wildman–Crippen LogP) is 4.53. The fourth-order valence-corrected chi connectivity index (χ4v) is 3.41. The maximum atomic E-state index is 11.0. The van der Waals surface area contributed by atoms with Crippen molar-refractivity contribution < 1.29 is 14.6 Å². The first kappa shape index (κ1) is 18.7. The Morgan fingerprint density at radius 3 is 2.42 bits per heavy atom. The molecule has 1 aliphatic rings. The zero-order valence-electron chi connectivity index (χ0n) is 14.8. The maximum Gasteiger partial charge on any atom is 0.307 e. The summed E-state index contributed by atoms with van der Waals surface area (Å²) in [7, 11) is 0. The number of carboxylic acids is 1. The molecule has 138 valence electrons. The van der Waals surface area contributed by atoms with Gasteiger partial charge >= 0.3 is 5.97 Å². The molecule has 1 saturated heterocycles. The van der Waals surface area contributed by atoms with Crippen LogP contribution in [-0.2, 0) is 24.4 Å². The molecule has 0 aromatic heterocycles. The third-order valence-electron chi connectivity index (χ3n) is 4.63. The van der Waals surface area contributed by atoms with Gasteiger partial charge in [-0.25, -0.2) is 0 Å². The Balaban J connectivity index is 1.74. The number of carbonyl (C=O) groups is 1. The van der Waals surface area contributed by atoms with E-state index in [4.69, 9.17) is 21.4 Å². The number of benzene rings is 2. The summed E-state index contributed by atoms with van der Waals surface area (Å²) in [6, 6.07) is 13.3. The van der Waals surface area contributed by atoms with Gasteiger partial charge in [-0.1, -0.05) is 42.3 Å². The van der Waals surface area contributed by atoms with Gasteiger partial charge < -0.3 is 9.84 Å². The first-order valence-corrected chi connectivity index (χ1v) is 9.41. The molecular formula is C21H24ClNO3. The van der Waals surface area contributed by atoms with Crippen molar-refractivity contribution in [2.75, 3.05) is 13.1 Å². The minimum Gasteiger partial charge on any atom is -0.489 e. The van der Waals surface area contributed by atoms with E-state index in [1.807, 2.05) is 42.5 Å². The molecule has 0 unspecified atom stereocenters. The van der Waals surface area contributed by atoms with Crippen molar-refractivity contribution in [2.24, 2.45) is 0 Å². The number of nitrogens with zero attached hydrogens (tertiary/aromatic N) is 1. The van der Waals surface area contributed by atoms with E-state index < -0.39 is 5.97 Å². The summed E-state index contributed by atoms with van der Waals surface area (Å²) < 4.78 is 6.05. The smallest absolute Gasteiger partial charge is 0.307 e. The monoisotopic (exact) mass is 373 g/mol. The van der Waals surface area contributed by atoms with Crippen LogP contribution >= 0.6 is 11.6 Å². The Bertz CT molecular complexity index is 739. The third-order valence-corrected chi connectivity index (χ3v) is 4.88. The molecule has 2 aromatic carbocycles. The molecular weight excluding hydrogens is 350 g/mol. The molecule has 0 radical (unpaired) electrons. The Kier molecular flexibility index (Phi) is 6.53. The highest BCUT2D eigenvalue weighted by Crippen LogP contribution is 2.25. The molecule has 0 saturated carbocycles. The van der Waals surface area contributed by atoms with Crippen LogP contribution < -0.4 is 4.74 Å². The van der Waals surface area contributed by atoms with E-state index in [9.17, 15) is 4.79 Å². The molecule has 0 bridgehead atoms. The van der Waals surface area contributed by atoms with Gasteiger partial charge in [0.05, 0.1) is 6.42 Å². The quantitative estimate of drug-likeness (QED) is 0.774. The number of likely N-dealkylation sites (tertiary alicyclic amines) is 1. The molecule has 0 aliphatic carbocycles. The number of carboxylic acid groups (broad SMARTS) is 1. The molecule has 0 spiro atoms. The van der Waals surface area contributed by atoms with Crippen molar-refractivity contribution in [3.05, 3.63) is 64.2 Å². The Morgan fingerprint density at radius 2 is 1.73 bits per heavy atom. The van der Waals surface area contributed by atoms with Gasteiger partial charge in [-0.05, 0) is 55.3 Å². The summed E-state index contributed by atoms with van der Waals surface area (Å²) in [5.41, 5.74) is 2.91. The summed E-state index contributed by atoms with van der Waals surface area (Å²) >= 11 is 5.93. The van der Waals surface area contributed by atoms with Crippen LogP contribution in [0.25, 0.3) is 0 Å². The Morgan fingerprint density at radius 1 is 1.04 bits per heavy atom. The lowest BCUT2D eigenvalue weighted by Crippen LogP contribution is -2.29. The highest BCUT2D eigenvalue weighted by atomic mass is 35.5. The average Bonchev–Trinajstić information content (AvgIpc) is 2.63. The van der Waals surface area contributed by atoms with E-state index in [1.165, 1.54) is 19.3 Å². The van der Waals surface area contributed by atoms with E-state index in [0.717, 1.165) is 42.1 Å². The topological polar surface area (TPSA) is 49.8 Å². The van der Waals surface area contributed by atoms with Crippen LogP contribution in [0, 0.1) is 0 Å². The molecule has 2 aromatic rings. The summed E-state index contributed by atoms with van der Waals surface area (Å²) in [4.78, 5) is 13.5. The zero-order chi connectivity index (χ0) is 18.4. The van der Waals surface area contributed by atoms with Crippen molar-refractivity contribution in [3.63, 3.8) is 0 Å². The van der Waals surface area contributed by atoms with E-state index in [-0.39, 0.29) is 6.42 Å². The van der Waals surface area contributed by atoms with Gasteiger partial charge in [-0.15, -0.1) is 0 Å². The molecule has 0 amide bonds. The van der Waals surface area contributed by atoms with Gasteiger partial charge in [-0.2, -0.15) is 0 Å². The number of ether oxygens (including phenoxy) is 1. The maximum absolute atomic E-state index is 11.0. The lowest BCUT2D eigenvalue weighted by atomic mass is 10.0. The number of hydrogen-bond donors (Lipinski definition) is 1. The first-order chi connectivity index (χ1) is 12.6. The van der Waals surface area contributed by atoms with Crippen molar-refractivity contribution in [3.8, 4) is 5.75 Å². The lowest BCUT2D eigenvalue weighted by molar-refractivity contribution is -0.136. The van der Waals surface area contributed by atoms with Crippen LogP contribution in [0.5, 0.6) is 5.75 Å². The van der Waals surface area contributed by atoms with Gasteiger partial charge in [0.2, 0.25) is 0 Å². The molecule has 1 fully saturated rings. The van der Waals surface area contributed by atoms with Gasteiger partial charge in [-0.3, -0.25) is 9.69 Å².